The van der Waals surface area contributed by atoms with Gasteiger partial charge in [-0.1, -0.05) is 24.3 Å². The van der Waals surface area contributed by atoms with Crippen molar-refractivity contribution in [2.75, 3.05) is 11.9 Å². The molecule has 0 bridgehead atoms. The van der Waals surface area contributed by atoms with Crippen LogP contribution in [0.3, 0.4) is 0 Å². The van der Waals surface area contributed by atoms with Gasteiger partial charge in [-0.3, -0.25) is 4.79 Å². The highest BCUT2D eigenvalue weighted by Gasteiger charge is 2.20. The van der Waals surface area contributed by atoms with Crippen LogP contribution in [0.1, 0.15) is 41.9 Å². The predicted molar refractivity (Wildman–Crippen MR) is 124 cm³/mol. The molecule has 0 spiro atoms. The molecule has 8 heteroatoms. The maximum atomic E-state index is 12.9. The number of para-hydroxylation sites is 3. The van der Waals surface area contributed by atoms with Crippen LogP contribution in [0.5, 0.6) is 0 Å². The molecule has 2 aromatic carbocycles. The van der Waals surface area contributed by atoms with Gasteiger partial charge < -0.3 is 20.7 Å². The van der Waals surface area contributed by atoms with Crippen molar-refractivity contribution in [3.8, 4) is 0 Å². The number of nitrogens with zero attached hydrogens (tertiary/aromatic N) is 3. The molecule has 0 radical (unpaired) electrons. The van der Waals surface area contributed by atoms with Crippen LogP contribution < -0.4 is 10.6 Å². The molecular weight excluding hydrogens is 404 g/mol. The first kappa shape index (κ1) is 20.4. The number of anilines is 1. The van der Waals surface area contributed by atoms with E-state index in [0.717, 1.165) is 47.9 Å². The number of nitrogens with one attached hydrogen (secondary N) is 3. The highest BCUT2D eigenvalue weighted by atomic mass is 16.3. The summed E-state index contributed by atoms with van der Waals surface area (Å²) in [6.07, 6.45) is 5.47. The fourth-order valence-electron chi connectivity index (χ4n) is 4.22. The molecule has 0 unspecified atom stereocenters. The van der Waals surface area contributed by atoms with E-state index in [9.17, 15) is 9.90 Å². The molecule has 1 saturated carbocycles. The van der Waals surface area contributed by atoms with Gasteiger partial charge in [0.1, 0.15) is 5.82 Å². The number of aromatic nitrogens is 4. The Labute approximate surface area is 185 Å². The lowest BCUT2D eigenvalue weighted by atomic mass is 9.93. The molecule has 4 aromatic rings. The minimum atomic E-state index is -0.208. The number of hydrogen-bond acceptors (Lipinski definition) is 6. The number of carbonyl (C=O) groups is 1. The van der Waals surface area contributed by atoms with Crippen LogP contribution >= 0.6 is 0 Å². The van der Waals surface area contributed by atoms with Crippen molar-refractivity contribution in [1.82, 2.24) is 25.3 Å². The number of rotatable bonds is 6. The zero-order valence-corrected chi connectivity index (χ0v) is 17.7. The van der Waals surface area contributed by atoms with E-state index in [4.69, 9.17) is 0 Å². The van der Waals surface area contributed by atoms with Gasteiger partial charge in [-0.2, -0.15) is 0 Å². The number of aliphatic hydroxyl groups excluding tert-OH is 1. The summed E-state index contributed by atoms with van der Waals surface area (Å²) >= 11 is 0. The third-order valence-electron chi connectivity index (χ3n) is 5.97. The lowest BCUT2D eigenvalue weighted by molar-refractivity contribution is 0.0955. The van der Waals surface area contributed by atoms with Crippen molar-refractivity contribution in [1.29, 1.82) is 0 Å². The van der Waals surface area contributed by atoms with Crippen molar-refractivity contribution >= 4 is 33.8 Å². The monoisotopic (exact) mass is 430 g/mol. The third kappa shape index (κ3) is 4.40. The maximum Gasteiger partial charge on any atom is 0.253 e. The molecule has 32 heavy (non-hydrogen) atoms. The summed E-state index contributed by atoms with van der Waals surface area (Å²) in [6.45, 7) is 0.468. The topological polar surface area (TPSA) is 116 Å². The lowest BCUT2D eigenvalue weighted by Gasteiger charge is -2.26. The van der Waals surface area contributed by atoms with E-state index in [-0.39, 0.29) is 18.1 Å². The Bertz CT molecular complexity index is 1210. The van der Waals surface area contributed by atoms with Gasteiger partial charge in [0.2, 0.25) is 5.95 Å². The fraction of sp³-hybridized carbons (Fsp3) is 0.333. The number of aromatic amines is 1. The summed E-state index contributed by atoms with van der Waals surface area (Å²) in [6, 6.07) is 13.6. The Morgan fingerprint density at radius 3 is 2.75 bits per heavy atom. The Hall–Kier alpha value is -3.52. The maximum absolute atomic E-state index is 12.9. The normalized spacial score (nSPS) is 18.7. The quantitative estimate of drug-likeness (QED) is 0.373. The highest BCUT2D eigenvalue weighted by molar-refractivity contribution is 6.05. The van der Waals surface area contributed by atoms with Crippen molar-refractivity contribution in [3.63, 3.8) is 0 Å². The second-order valence-electron chi connectivity index (χ2n) is 8.29. The summed E-state index contributed by atoms with van der Waals surface area (Å²) in [5.41, 5.74) is 3.07. The van der Waals surface area contributed by atoms with Crippen LogP contribution in [0.15, 0.2) is 48.7 Å². The molecule has 1 fully saturated rings. The third-order valence-corrected chi connectivity index (χ3v) is 5.97. The number of hydrogen-bond donors (Lipinski definition) is 4. The minimum absolute atomic E-state index is 0.169. The largest absolute Gasteiger partial charge is 0.393 e. The Balaban J connectivity index is 1.27. The molecule has 0 atom stereocenters. The van der Waals surface area contributed by atoms with Gasteiger partial charge in [0.15, 0.2) is 0 Å². The van der Waals surface area contributed by atoms with Crippen LogP contribution in [-0.4, -0.2) is 49.6 Å². The summed E-state index contributed by atoms with van der Waals surface area (Å²) < 4.78 is 0. The first-order valence-corrected chi connectivity index (χ1v) is 11.1. The van der Waals surface area contributed by atoms with Gasteiger partial charge >= 0.3 is 0 Å². The summed E-state index contributed by atoms with van der Waals surface area (Å²) in [7, 11) is 0. The molecule has 2 heterocycles. The van der Waals surface area contributed by atoms with E-state index in [2.05, 4.69) is 30.6 Å². The van der Waals surface area contributed by atoms with Crippen molar-refractivity contribution in [2.24, 2.45) is 0 Å². The van der Waals surface area contributed by atoms with Gasteiger partial charge in [0.05, 0.1) is 28.2 Å². The number of H-pyrrole nitrogens is 1. The molecule has 2 aromatic heterocycles. The molecule has 4 N–H and O–H groups in total. The average Bonchev–Trinajstić information content (AvgIpc) is 3.23. The van der Waals surface area contributed by atoms with E-state index in [1.807, 2.05) is 36.4 Å². The number of imidazole rings is 1. The van der Waals surface area contributed by atoms with Gasteiger partial charge in [-0.25, -0.2) is 15.0 Å². The van der Waals surface area contributed by atoms with Crippen molar-refractivity contribution in [3.05, 3.63) is 60.0 Å². The van der Waals surface area contributed by atoms with E-state index >= 15 is 0 Å². The van der Waals surface area contributed by atoms with Crippen LogP contribution in [-0.2, 0) is 6.42 Å². The number of benzene rings is 2. The zero-order chi connectivity index (χ0) is 21.9. The van der Waals surface area contributed by atoms with E-state index < -0.39 is 0 Å². The Morgan fingerprint density at radius 2 is 1.91 bits per heavy atom. The van der Waals surface area contributed by atoms with Crippen LogP contribution in [0.2, 0.25) is 0 Å². The molecule has 8 nitrogen and oxygen atoms in total. The van der Waals surface area contributed by atoms with Crippen molar-refractivity contribution in [2.45, 2.75) is 44.2 Å². The molecule has 164 valence electrons. The van der Waals surface area contributed by atoms with E-state index in [1.165, 1.54) is 0 Å². The molecule has 5 rings (SSSR count). The first-order valence-electron chi connectivity index (χ1n) is 11.1. The molecule has 0 aliphatic heterocycles. The van der Waals surface area contributed by atoms with Gasteiger partial charge in [-0.05, 0) is 43.9 Å². The second-order valence-corrected chi connectivity index (χ2v) is 8.29. The lowest BCUT2D eigenvalue weighted by Crippen LogP contribution is -2.29. The van der Waals surface area contributed by atoms with E-state index in [1.54, 1.807) is 12.3 Å². The summed E-state index contributed by atoms with van der Waals surface area (Å²) in [5, 5.41) is 16.9. The fourth-order valence-corrected chi connectivity index (χ4v) is 4.22. The Kier molecular flexibility index (Phi) is 5.68. The van der Waals surface area contributed by atoms with Gasteiger partial charge in [0.25, 0.3) is 5.91 Å². The molecule has 1 aliphatic carbocycles. The smallest absolute Gasteiger partial charge is 0.253 e. The minimum Gasteiger partial charge on any atom is -0.393 e. The number of amides is 1. The van der Waals surface area contributed by atoms with Crippen LogP contribution in [0.25, 0.3) is 21.9 Å². The number of carbonyl (C=O) groups excluding carboxylic acids is 1. The molecular formula is C24H26N6O2. The predicted octanol–water partition coefficient (Wildman–Crippen LogP) is 3.19. The van der Waals surface area contributed by atoms with Crippen molar-refractivity contribution < 1.29 is 9.90 Å². The summed E-state index contributed by atoms with van der Waals surface area (Å²) in [5.74, 6) is 1.19. The highest BCUT2D eigenvalue weighted by Crippen LogP contribution is 2.23. The van der Waals surface area contributed by atoms with Crippen LogP contribution in [0.4, 0.5) is 5.95 Å². The second kappa shape index (κ2) is 8.92. The average molecular weight is 431 g/mol. The molecule has 1 amide bonds. The van der Waals surface area contributed by atoms with Crippen LogP contribution in [0, 0.1) is 0 Å². The molecule has 0 saturated heterocycles. The summed E-state index contributed by atoms with van der Waals surface area (Å²) in [4.78, 5) is 29.8. The SMILES string of the molecule is O=C(NCCc1nc2ccccc2[nH]1)c1cccc2cnc(NC3CCC(O)CC3)nc12. The zero-order valence-electron chi connectivity index (χ0n) is 17.7. The van der Waals surface area contributed by atoms with E-state index in [0.29, 0.717) is 30.0 Å². The number of fused-ring (bicyclic) bond motifs is 2. The first-order chi connectivity index (χ1) is 15.7. The van der Waals surface area contributed by atoms with Gasteiger partial charge in [0, 0.05) is 30.6 Å². The standard InChI is InChI=1S/C24H26N6O2/c31-17-10-8-16(9-11-17)27-24-26-14-15-4-3-5-18(22(15)30-24)23(32)25-13-12-21-28-19-6-1-2-7-20(19)29-21/h1-7,14,16-17,31H,8-13H2,(H,25,32)(H,28,29)(H,26,27,30). The Morgan fingerprint density at radius 1 is 1.06 bits per heavy atom. The number of aliphatic hydroxyl groups is 1. The molecule has 1 aliphatic rings. The van der Waals surface area contributed by atoms with Gasteiger partial charge in [-0.15, -0.1) is 0 Å².